The standard InChI is InChI=1S/C9H12O/c1-7-2-3-9-8(6-7)4-5-10-9/h3,6-7H,2,4-5H2,1H3. The third-order valence-electron chi connectivity index (χ3n) is 2.11. The van der Waals surface area contributed by atoms with E-state index in [9.17, 15) is 0 Å². The van der Waals surface area contributed by atoms with E-state index in [1.165, 1.54) is 5.57 Å². The summed E-state index contributed by atoms with van der Waals surface area (Å²) < 4.78 is 5.40. The van der Waals surface area contributed by atoms with E-state index in [1.807, 2.05) is 0 Å². The number of allylic oxidation sites excluding steroid dienone is 3. The van der Waals surface area contributed by atoms with Crippen LogP contribution in [0.5, 0.6) is 0 Å². The van der Waals surface area contributed by atoms with Crippen molar-refractivity contribution >= 4 is 0 Å². The van der Waals surface area contributed by atoms with Crippen LogP contribution in [0.1, 0.15) is 19.8 Å². The Morgan fingerprint density at radius 2 is 2.50 bits per heavy atom. The Bertz CT molecular complexity index is 201. The molecule has 10 heavy (non-hydrogen) atoms. The number of hydrogen-bond donors (Lipinski definition) is 0. The van der Waals surface area contributed by atoms with Crippen molar-refractivity contribution in [1.29, 1.82) is 0 Å². The topological polar surface area (TPSA) is 9.23 Å². The van der Waals surface area contributed by atoms with Crippen LogP contribution in [0.2, 0.25) is 0 Å². The van der Waals surface area contributed by atoms with Gasteiger partial charge in [-0.25, -0.2) is 0 Å². The van der Waals surface area contributed by atoms with Gasteiger partial charge >= 0.3 is 0 Å². The molecule has 2 aliphatic rings. The molecule has 1 aliphatic heterocycles. The molecule has 0 bridgehead atoms. The second-order valence-electron chi connectivity index (χ2n) is 3.07. The SMILES string of the molecule is CC1C=C2CCOC2=CC1. The van der Waals surface area contributed by atoms with Gasteiger partial charge in [0.15, 0.2) is 0 Å². The molecule has 0 aromatic carbocycles. The van der Waals surface area contributed by atoms with Crippen molar-refractivity contribution in [3.05, 3.63) is 23.5 Å². The molecular weight excluding hydrogens is 124 g/mol. The lowest BCUT2D eigenvalue weighted by molar-refractivity contribution is 0.263. The summed E-state index contributed by atoms with van der Waals surface area (Å²) in [5.74, 6) is 1.87. The first kappa shape index (κ1) is 6.02. The van der Waals surface area contributed by atoms with Crippen LogP contribution in [0.25, 0.3) is 0 Å². The van der Waals surface area contributed by atoms with Crippen LogP contribution < -0.4 is 0 Å². The molecule has 0 spiro atoms. The Morgan fingerprint density at radius 1 is 1.60 bits per heavy atom. The Morgan fingerprint density at radius 3 is 3.40 bits per heavy atom. The highest BCUT2D eigenvalue weighted by atomic mass is 16.5. The predicted molar refractivity (Wildman–Crippen MR) is 40.5 cm³/mol. The third-order valence-corrected chi connectivity index (χ3v) is 2.11. The first-order valence-corrected chi connectivity index (χ1v) is 3.90. The number of ether oxygens (including phenoxy) is 1. The first-order chi connectivity index (χ1) is 4.86. The van der Waals surface area contributed by atoms with Gasteiger partial charge in [0.05, 0.1) is 6.61 Å². The molecule has 1 unspecified atom stereocenters. The van der Waals surface area contributed by atoms with Gasteiger partial charge in [0, 0.05) is 6.42 Å². The van der Waals surface area contributed by atoms with Gasteiger partial charge in [-0.1, -0.05) is 13.0 Å². The lowest BCUT2D eigenvalue weighted by Gasteiger charge is -2.11. The zero-order valence-corrected chi connectivity index (χ0v) is 6.26. The number of fused-ring (bicyclic) bond motifs is 1. The summed E-state index contributed by atoms with van der Waals surface area (Å²) in [7, 11) is 0. The van der Waals surface area contributed by atoms with Gasteiger partial charge in [-0.3, -0.25) is 0 Å². The summed E-state index contributed by atoms with van der Waals surface area (Å²) >= 11 is 0. The molecular formula is C9H12O. The molecule has 1 heterocycles. The predicted octanol–water partition coefficient (Wildman–Crippen LogP) is 2.26. The van der Waals surface area contributed by atoms with Crippen LogP contribution >= 0.6 is 0 Å². The van der Waals surface area contributed by atoms with E-state index >= 15 is 0 Å². The summed E-state index contributed by atoms with van der Waals surface area (Å²) in [5.41, 5.74) is 1.43. The summed E-state index contributed by atoms with van der Waals surface area (Å²) in [6.45, 7) is 3.14. The van der Waals surface area contributed by atoms with E-state index in [0.717, 1.165) is 31.1 Å². The molecule has 0 N–H and O–H groups in total. The lowest BCUT2D eigenvalue weighted by atomic mass is 9.96. The smallest absolute Gasteiger partial charge is 0.118 e. The molecule has 1 atom stereocenters. The van der Waals surface area contributed by atoms with Crippen LogP contribution in [0.4, 0.5) is 0 Å². The fourth-order valence-corrected chi connectivity index (χ4v) is 1.55. The molecule has 0 radical (unpaired) electrons. The monoisotopic (exact) mass is 136 g/mol. The highest BCUT2D eigenvalue weighted by Gasteiger charge is 2.18. The van der Waals surface area contributed by atoms with Gasteiger partial charge in [0.2, 0.25) is 0 Å². The zero-order chi connectivity index (χ0) is 6.97. The van der Waals surface area contributed by atoms with Crippen molar-refractivity contribution < 1.29 is 4.74 Å². The molecule has 1 fully saturated rings. The van der Waals surface area contributed by atoms with Gasteiger partial charge in [-0.15, -0.1) is 0 Å². The van der Waals surface area contributed by atoms with Crippen molar-refractivity contribution in [2.24, 2.45) is 5.92 Å². The molecule has 1 saturated heterocycles. The van der Waals surface area contributed by atoms with E-state index in [4.69, 9.17) is 4.74 Å². The first-order valence-electron chi connectivity index (χ1n) is 3.90. The van der Waals surface area contributed by atoms with E-state index in [0.29, 0.717) is 0 Å². The normalized spacial score (nSPS) is 30.3. The number of hydrogen-bond acceptors (Lipinski definition) is 1. The molecule has 1 heteroatoms. The maximum absolute atomic E-state index is 5.40. The average Bonchev–Trinajstić information content (AvgIpc) is 2.33. The zero-order valence-electron chi connectivity index (χ0n) is 6.26. The van der Waals surface area contributed by atoms with Gasteiger partial charge in [-0.2, -0.15) is 0 Å². The van der Waals surface area contributed by atoms with Crippen LogP contribution in [-0.4, -0.2) is 6.61 Å². The lowest BCUT2D eigenvalue weighted by Crippen LogP contribution is -1.97. The second kappa shape index (κ2) is 2.15. The molecule has 0 aromatic heterocycles. The fraction of sp³-hybridized carbons (Fsp3) is 0.556. The molecule has 0 saturated carbocycles. The van der Waals surface area contributed by atoms with Crippen molar-refractivity contribution in [2.75, 3.05) is 6.61 Å². The van der Waals surface area contributed by atoms with Crippen LogP contribution in [0.3, 0.4) is 0 Å². The van der Waals surface area contributed by atoms with Crippen LogP contribution in [0.15, 0.2) is 23.5 Å². The Kier molecular flexibility index (Phi) is 1.30. The minimum Gasteiger partial charge on any atom is -0.493 e. The molecule has 0 amide bonds. The Labute approximate surface area is 61.4 Å². The molecule has 0 aromatic rings. The van der Waals surface area contributed by atoms with Gasteiger partial charge in [0.25, 0.3) is 0 Å². The maximum Gasteiger partial charge on any atom is 0.118 e. The maximum atomic E-state index is 5.40. The van der Waals surface area contributed by atoms with E-state index in [1.54, 1.807) is 0 Å². The minimum absolute atomic E-state index is 0.723. The minimum atomic E-state index is 0.723. The molecule has 54 valence electrons. The summed E-state index contributed by atoms with van der Waals surface area (Å²) in [5, 5.41) is 0. The van der Waals surface area contributed by atoms with E-state index in [2.05, 4.69) is 19.1 Å². The summed E-state index contributed by atoms with van der Waals surface area (Å²) in [4.78, 5) is 0. The summed E-state index contributed by atoms with van der Waals surface area (Å²) in [6, 6.07) is 0. The van der Waals surface area contributed by atoms with Gasteiger partial charge in [-0.05, 0) is 24.0 Å². The summed E-state index contributed by atoms with van der Waals surface area (Å²) in [6.07, 6.45) is 6.82. The molecule has 1 aliphatic carbocycles. The number of rotatable bonds is 0. The van der Waals surface area contributed by atoms with Gasteiger partial charge < -0.3 is 4.74 Å². The Balaban J connectivity index is 2.27. The molecule has 1 nitrogen and oxygen atoms in total. The van der Waals surface area contributed by atoms with Crippen LogP contribution in [-0.2, 0) is 4.74 Å². The van der Waals surface area contributed by atoms with E-state index < -0.39 is 0 Å². The van der Waals surface area contributed by atoms with Crippen molar-refractivity contribution in [1.82, 2.24) is 0 Å². The van der Waals surface area contributed by atoms with Crippen molar-refractivity contribution in [3.63, 3.8) is 0 Å². The fourth-order valence-electron chi connectivity index (χ4n) is 1.55. The van der Waals surface area contributed by atoms with E-state index in [-0.39, 0.29) is 0 Å². The quantitative estimate of drug-likeness (QED) is 0.496. The largest absolute Gasteiger partial charge is 0.493 e. The molecule has 2 rings (SSSR count). The highest BCUT2D eigenvalue weighted by Crippen LogP contribution is 2.30. The van der Waals surface area contributed by atoms with Crippen molar-refractivity contribution in [2.45, 2.75) is 19.8 Å². The van der Waals surface area contributed by atoms with Crippen LogP contribution in [0, 0.1) is 5.92 Å². The Hall–Kier alpha value is -0.720. The average molecular weight is 136 g/mol. The second-order valence-corrected chi connectivity index (χ2v) is 3.07. The third kappa shape index (κ3) is 0.859. The van der Waals surface area contributed by atoms with Gasteiger partial charge in [0.1, 0.15) is 5.76 Å². The highest BCUT2D eigenvalue weighted by molar-refractivity contribution is 5.32. The van der Waals surface area contributed by atoms with Crippen molar-refractivity contribution in [3.8, 4) is 0 Å².